The number of hydrogen-bond acceptors (Lipinski definition) is 2. The lowest BCUT2D eigenvalue weighted by atomic mass is 10.1. The fourth-order valence-electron chi connectivity index (χ4n) is 1.30. The van der Waals surface area contributed by atoms with E-state index < -0.39 is 0 Å². The summed E-state index contributed by atoms with van der Waals surface area (Å²) in [6.07, 6.45) is 0. The minimum absolute atomic E-state index is 0.0120. The van der Waals surface area contributed by atoms with Crippen molar-refractivity contribution in [2.75, 3.05) is 7.05 Å². The summed E-state index contributed by atoms with van der Waals surface area (Å²) in [5, 5.41) is 5.86. The first-order valence-corrected chi connectivity index (χ1v) is 6.07. The maximum atomic E-state index is 11.6. The predicted molar refractivity (Wildman–Crippen MR) is 69.2 cm³/mol. The Kier molecular flexibility index (Phi) is 4.96. The highest BCUT2D eigenvalue weighted by atomic mass is 79.9. The van der Waals surface area contributed by atoms with E-state index in [0.29, 0.717) is 0 Å². The molecule has 0 saturated carbocycles. The van der Waals surface area contributed by atoms with Gasteiger partial charge in [0.1, 0.15) is 0 Å². The van der Waals surface area contributed by atoms with Crippen LogP contribution in [0.5, 0.6) is 0 Å². The number of likely N-dealkylation sites (N-methyl/N-ethyl adjacent to an activating group) is 1. The van der Waals surface area contributed by atoms with E-state index in [1.807, 2.05) is 38.1 Å². The molecule has 0 aliphatic carbocycles. The van der Waals surface area contributed by atoms with Crippen molar-refractivity contribution in [1.82, 2.24) is 10.6 Å². The number of carbonyl (C=O) groups is 1. The van der Waals surface area contributed by atoms with E-state index in [1.54, 1.807) is 7.05 Å². The molecule has 2 N–H and O–H groups in total. The zero-order valence-electron chi connectivity index (χ0n) is 9.75. The lowest BCUT2D eigenvalue weighted by molar-refractivity contribution is -0.123. The monoisotopic (exact) mass is 284 g/mol. The minimum atomic E-state index is -0.169. The Balaban J connectivity index is 2.62. The van der Waals surface area contributed by atoms with Crippen LogP contribution in [0.2, 0.25) is 0 Å². The second-order valence-electron chi connectivity index (χ2n) is 3.79. The van der Waals surface area contributed by atoms with Crippen molar-refractivity contribution in [3.63, 3.8) is 0 Å². The molecule has 0 aliphatic rings. The molecule has 4 heteroatoms. The van der Waals surface area contributed by atoms with Gasteiger partial charge >= 0.3 is 0 Å². The van der Waals surface area contributed by atoms with Crippen LogP contribution < -0.4 is 10.6 Å². The third kappa shape index (κ3) is 3.61. The van der Waals surface area contributed by atoms with E-state index in [4.69, 9.17) is 0 Å². The molecule has 1 aromatic carbocycles. The molecule has 1 rings (SSSR count). The summed E-state index contributed by atoms with van der Waals surface area (Å²) in [6.45, 7) is 3.81. The van der Waals surface area contributed by atoms with Gasteiger partial charge in [-0.15, -0.1) is 0 Å². The third-order valence-corrected chi connectivity index (χ3v) is 3.08. The average molecular weight is 285 g/mol. The van der Waals surface area contributed by atoms with Crippen molar-refractivity contribution in [3.8, 4) is 0 Å². The van der Waals surface area contributed by atoms with Crippen LogP contribution in [-0.2, 0) is 4.79 Å². The molecule has 88 valence electrons. The van der Waals surface area contributed by atoms with E-state index in [-0.39, 0.29) is 18.0 Å². The van der Waals surface area contributed by atoms with Crippen molar-refractivity contribution in [1.29, 1.82) is 0 Å². The maximum Gasteiger partial charge on any atom is 0.237 e. The number of nitrogens with one attached hydrogen (secondary N) is 2. The fraction of sp³-hybridized carbons (Fsp3) is 0.417. The molecule has 2 unspecified atom stereocenters. The number of carbonyl (C=O) groups excluding carboxylic acids is 1. The lowest BCUT2D eigenvalue weighted by Gasteiger charge is -2.17. The molecule has 16 heavy (non-hydrogen) atoms. The van der Waals surface area contributed by atoms with Crippen LogP contribution in [0.4, 0.5) is 0 Å². The van der Waals surface area contributed by atoms with Gasteiger partial charge in [0.05, 0.1) is 12.1 Å². The highest BCUT2D eigenvalue weighted by molar-refractivity contribution is 9.10. The van der Waals surface area contributed by atoms with Gasteiger partial charge in [-0.1, -0.05) is 28.1 Å². The molecule has 1 aromatic rings. The van der Waals surface area contributed by atoms with E-state index in [2.05, 4.69) is 26.6 Å². The number of hydrogen-bond donors (Lipinski definition) is 2. The molecule has 0 bridgehead atoms. The van der Waals surface area contributed by atoms with Gasteiger partial charge in [-0.25, -0.2) is 0 Å². The SMILES string of the molecule is CNC(C)C(=O)NC(C)c1ccc(Br)cc1. The van der Waals surface area contributed by atoms with Crippen molar-refractivity contribution >= 4 is 21.8 Å². The van der Waals surface area contributed by atoms with Crippen LogP contribution in [-0.4, -0.2) is 19.0 Å². The Labute approximate surface area is 105 Å². The van der Waals surface area contributed by atoms with E-state index in [1.165, 1.54) is 0 Å². The van der Waals surface area contributed by atoms with Crippen LogP contribution in [0.25, 0.3) is 0 Å². The molecular weight excluding hydrogens is 268 g/mol. The normalized spacial score (nSPS) is 14.2. The molecule has 0 aliphatic heterocycles. The van der Waals surface area contributed by atoms with Gasteiger partial charge < -0.3 is 10.6 Å². The third-order valence-electron chi connectivity index (χ3n) is 2.56. The van der Waals surface area contributed by atoms with E-state index in [9.17, 15) is 4.79 Å². The summed E-state index contributed by atoms with van der Waals surface area (Å²) >= 11 is 3.38. The van der Waals surface area contributed by atoms with Gasteiger partial charge in [0.15, 0.2) is 0 Å². The van der Waals surface area contributed by atoms with Crippen LogP contribution in [0, 0.1) is 0 Å². The molecule has 3 nitrogen and oxygen atoms in total. The lowest BCUT2D eigenvalue weighted by Crippen LogP contribution is -2.41. The molecule has 0 fully saturated rings. The van der Waals surface area contributed by atoms with Crippen molar-refractivity contribution < 1.29 is 4.79 Å². The molecule has 0 heterocycles. The van der Waals surface area contributed by atoms with Gasteiger partial charge in [0, 0.05) is 4.47 Å². The molecule has 0 radical (unpaired) electrons. The number of halogens is 1. The van der Waals surface area contributed by atoms with Crippen molar-refractivity contribution in [2.24, 2.45) is 0 Å². The number of rotatable bonds is 4. The Hall–Kier alpha value is -0.870. The summed E-state index contributed by atoms with van der Waals surface area (Å²) < 4.78 is 1.04. The quantitative estimate of drug-likeness (QED) is 0.890. The highest BCUT2D eigenvalue weighted by Crippen LogP contribution is 2.16. The molecule has 0 aromatic heterocycles. The van der Waals surface area contributed by atoms with Crippen LogP contribution in [0.3, 0.4) is 0 Å². The van der Waals surface area contributed by atoms with Crippen LogP contribution >= 0.6 is 15.9 Å². The molecule has 1 amide bonds. The van der Waals surface area contributed by atoms with Crippen molar-refractivity contribution in [3.05, 3.63) is 34.3 Å². The van der Waals surface area contributed by atoms with Crippen molar-refractivity contribution in [2.45, 2.75) is 25.9 Å². The summed E-state index contributed by atoms with van der Waals surface area (Å²) in [5.41, 5.74) is 1.10. The number of benzene rings is 1. The predicted octanol–water partition coefficient (Wildman–Crippen LogP) is 2.23. The Bertz CT molecular complexity index is 351. The fourth-order valence-corrected chi connectivity index (χ4v) is 1.57. The minimum Gasteiger partial charge on any atom is -0.348 e. The standard InChI is InChI=1S/C12H17BrN2O/c1-8(15-12(16)9(2)14-3)10-4-6-11(13)7-5-10/h4-9,14H,1-3H3,(H,15,16). The second-order valence-corrected chi connectivity index (χ2v) is 4.71. The summed E-state index contributed by atoms with van der Waals surface area (Å²) in [6, 6.07) is 7.80. The van der Waals surface area contributed by atoms with E-state index in [0.717, 1.165) is 10.0 Å². The van der Waals surface area contributed by atoms with Crippen LogP contribution in [0.15, 0.2) is 28.7 Å². The van der Waals surface area contributed by atoms with Gasteiger partial charge in [-0.3, -0.25) is 4.79 Å². The van der Waals surface area contributed by atoms with Gasteiger partial charge in [-0.2, -0.15) is 0 Å². The largest absolute Gasteiger partial charge is 0.348 e. The Morgan fingerprint density at radius 1 is 1.25 bits per heavy atom. The zero-order chi connectivity index (χ0) is 12.1. The first kappa shape index (κ1) is 13.2. The van der Waals surface area contributed by atoms with Crippen LogP contribution in [0.1, 0.15) is 25.5 Å². The van der Waals surface area contributed by atoms with E-state index >= 15 is 0 Å². The van der Waals surface area contributed by atoms with Gasteiger partial charge in [0.25, 0.3) is 0 Å². The number of amides is 1. The summed E-state index contributed by atoms with van der Waals surface area (Å²) in [7, 11) is 1.77. The summed E-state index contributed by atoms with van der Waals surface area (Å²) in [4.78, 5) is 11.6. The first-order valence-electron chi connectivity index (χ1n) is 5.27. The zero-order valence-corrected chi connectivity index (χ0v) is 11.3. The Morgan fingerprint density at radius 2 is 1.81 bits per heavy atom. The molecule has 0 saturated heterocycles. The van der Waals surface area contributed by atoms with Gasteiger partial charge in [-0.05, 0) is 38.6 Å². The Morgan fingerprint density at radius 3 is 2.31 bits per heavy atom. The first-order chi connectivity index (χ1) is 7.54. The highest BCUT2D eigenvalue weighted by Gasteiger charge is 2.13. The molecular formula is C12H17BrN2O. The summed E-state index contributed by atoms with van der Waals surface area (Å²) in [5.74, 6) is 0.0120. The average Bonchev–Trinajstić information content (AvgIpc) is 2.28. The molecule has 0 spiro atoms. The smallest absolute Gasteiger partial charge is 0.237 e. The molecule has 2 atom stereocenters. The topological polar surface area (TPSA) is 41.1 Å². The maximum absolute atomic E-state index is 11.6. The van der Waals surface area contributed by atoms with Gasteiger partial charge in [0.2, 0.25) is 5.91 Å². The second kappa shape index (κ2) is 6.01.